The van der Waals surface area contributed by atoms with Gasteiger partial charge in [-0.25, -0.2) is 4.79 Å². The summed E-state index contributed by atoms with van der Waals surface area (Å²) in [6.45, 7) is 1.98. The van der Waals surface area contributed by atoms with E-state index in [-0.39, 0.29) is 12.7 Å². The van der Waals surface area contributed by atoms with Gasteiger partial charge in [-0.15, -0.1) is 0 Å². The van der Waals surface area contributed by atoms with Crippen molar-refractivity contribution in [3.05, 3.63) is 20.9 Å². The van der Waals surface area contributed by atoms with Crippen LogP contribution in [-0.4, -0.2) is 63.3 Å². The first-order valence-corrected chi connectivity index (χ1v) is 7.71. The molecule has 0 fully saturated rings. The van der Waals surface area contributed by atoms with Crippen molar-refractivity contribution in [2.75, 3.05) is 46.1 Å². The van der Waals surface area contributed by atoms with Crippen LogP contribution in [0.4, 0.5) is 0 Å². The summed E-state index contributed by atoms with van der Waals surface area (Å²) in [6.07, 6.45) is 2.61. The minimum absolute atomic E-state index is 0.178. The SMILES string of the molecule is [N-]=[N+]=NCCOCCCC(CCCOCCN=[N+]=[N-])OCC(=O)O. The second-order valence-corrected chi connectivity index (χ2v) is 4.74. The third-order valence-electron chi connectivity index (χ3n) is 2.87. The highest BCUT2D eigenvalue weighted by atomic mass is 16.5. The molecule has 0 saturated carbocycles. The molecule has 0 amide bonds. The molecule has 0 spiro atoms. The minimum Gasteiger partial charge on any atom is -0.480 e. The molecule has 0 heterocycles. The van der Waals surface area contributed by atoms with Crippen LogP contribution < -0.4 is 0 Å². The van der Waals surface area contributed by atoms with Crippen molar-refractivity contribution in [3.63, 3.8) is 0 Å². The Kier molecular flexibility index (Phi) is 15.9. The molecule has 11 nitrogen and oxygen atoms in total. The molecule has 0 aromatic rings. The number of hydrogen-bond acceptors (Lipinski definition) is 6. The van der Waals surface area contributed by atoms with Crippen molar-refractivity contribution in [2.45, 2.75) is 31.8 Å². The molecule has 24 heavy (non-hydrogen) atoms. The minimum atomic E-state index is -1.00. The molecule has 0 aromatic carbocycles. The molecule has 11 heteroatoms. The maximum absolute atomic E-state index is 10.6. The van der Waals surface area contributed by atoms with Crippen LogP contribution in [-0.2, 0) is 19.0 Å². The van der Waals surface area contributed by atoms with E-state index in [9.17, 15) is 4.79 Å². The average Bonchev–Trinajstić information content (AvgIpc) is 2.57. The fraction of sp³-hybridized carbons (Fsp3) is 0.923. The smallest absolute Gasteiger partial charge is 0.329 e. The molecule has 0 aliphatic rings. The van der Waals surface area contributed by atoms with E-state index in [4.69, 9.17) is 30.4 Å². The highest BCUT2D eigenvalue weighted by Crippen LogP contribution is 2.10. The fourth-order valence-electron chi connectivity index (χ4n) is 1.83. The van der Waals surface area contributed by atoms with E-state index in [0.29, 0.717) is 52.4 Å². The van der Waals surface area contributed by atoms with Gasteiger partial charge in [-0.1, -0.05) is 10.2 Å². The second kappa shape index (κ2) is 17.3. The zero-order valence-electron chi connectivity index (χ0n) is 13.6. The van der Waals surface area contributed by atoms with Gasteiger partial charge in [0.2, 0.25) is 0 Å². The molecule has 0 aliphatic heterocycles. The van der Waals surface area contributed by atoms with E-state index >= 15 is 0 Å². The molecule has 0 aromatic heterocycles. The number of aliphatic carboxylic acids is 1. The van der Waals surface area contributed by atoms with Crippen molar-refractivity contribution >= 4 is 5.97 Å². The molecule has 1 N–H and O–H groups in total. The normalized spacial score (nSPS) is 11.3. The number of hydrogen-bond donors (Lipinski definition) is 1. The monoisotopic (exact) mass is 344 g/mol. The number of carboxylic acids is 1. The predicted molar refractivity (Wildman–Crippen MR) is 85.5 cm³/mol. The second-order valence-electron chi connectivity index (χ2n) is 4.74. The van der Waals surface area contributed by atoms with Crippen molar-refractivity contribution in [1.29, 1.82) is 0 Å². The summed E-state index contributed by atoms with van der Waals surface area (Å²) in [7, 11) is 0. The van der Waals surface area contributed by atoms with Gasteiger partial charge in [0.1, 0.15) is 6.61 Å². The Morgan fingerprint density at radius 2 is 1.46 bits per heavy atom. The lowest BCUT2D eigenvalue weighted by molar-refractivity contribution is -0.144. The van der Waals surface area contributed by atoms with E-state index in [1.165, 1.54) is 0 Å². The summed E-state index contributed by atoms with van der Waals surface area (Å²) >= 11 is 0. The topological polar surface area (TPSA) is 163 Å². The quantitative estimate of drug-likeness (QED) is 0.185. The van der Waals surface area contributed by atoms with Gasteiger partial charge in [-0.2, -0.15) is 0 Å². The van der Waals surface area contributed by atoms with Gasteiger partial charge in [0.25, 0.3) is 0 Å². The van der Waals surface area contributed by atoms with Gasteiger partial charge in [0.05, 0.1) is 19.3 Å². The Balaban J connectivity index is 3.81. The number of azide groups is 2. The van der Waals surface area contributed by atoms with E-state index in [1.807, 2.05) is 0 Å². The highest BCUT2D eigenvalue weighted by molar-refractivity contribution is 5.68. The standard InChI is InChI=1S/C13H24N6O5/c14-18-16-5-9-22-7-1-3-12(24-11-13(20)21)4-2-8-23-10-6-17-19-15/h12H,1-11H2,(H,20,21). The molecule has 0 rings (SSSR count). The summed E-state index contributed by atoms with van der Waals surface area (Å²) in [5, 5.41) is 15.4. The Labute approximate surface area is 140 Å². The fourth-order valence-corrected chi connectivity index (χ4v) is 1.83. The van der Waals surface area contributed by atoms with Gasteiger partial charge in [0.15, 0.2) is 0 Å². The Hall–Kier alpha value is -2.03. The van der Waals surface area contributed by atoms with E-state index in [0.717, 1.165) is 12.8 Å². The van der Waals surface area contributed by atoms with Crippen LogP contribution in [0.3, 0.4) is 0 Å². The summed E-state index contributed by atoms with van der Waals surface area (Å²) < 4.78 is 15.9. The van der Waals surface area contributed by atoms with E-state index < -0.39 is 5.97 Å². The van der Waals surface area contributed by atoms with Crippen LogP contribution in [0.25, 0.3) is 20.9 Å². The van der Waals surface area contributed by atoms with Gasteiger partial charge in [-0.3, -0.25) is 0 Å². The Morgan fingerprint density at radius 3 is 1.88 bits per heavy atom. The molecule has 0 saturated heterocycles. The van der Waals surface area contributed by atoms with Crippen LogP contribution in [0.2, 0.25) is 0 Å². The van der Waals surface area contributed by atoms with Crippen molar-refractivity contribution in [2.24, 2.45) is 10.2 Å². The number of ether oxygens (including phenoxy) is 3. The Bertz CT molecular complexity index is 393. The molecule has 0 unspecified atom stereocenters. The molecular weight excluding hydrogens is 320 g/mol. The number of carboxylic acid groups (broad SMARTS) is 1. The highest BCUT2D eigenvalue weighted by Gasteiger charge is 2.11. The van der Waals surface area contributed by atoms with Gasteiger partial charge < -0.3 is 19.3 Å². The molecule has 0 radical (unpaired) electrons. The number of nitrogens with zero attached hydrogens (tertiary/aromatic N) is 6. The molecule has 136 valence electrons. The van der Waals surface area contributed by atoms with E-state index in [2.05, 4.69) is 20.1 Å². The summed E-state index contributed by atoms with van der Waals surface area (Å²) in [4.78, 5) is 15.8. The first-order chi connectivity index (χ1) is 11.7. The van der Waals surface area contributed by atoms with Gasteiger partial charge in [-0.05, 0) is 36.7 Å². The molecule has 0 atom stereocenters. The average molecular weight is 344 g/mol. The molecular formula is C13H24N6O5. The van der Waals surface area contributed by atoms with Gasteiger partial charge in [0, 0.05) is 36.1 Å². The van der Waals surface area contributed by atoms with Crippen LogP contribution in [0.15, 0.2) is 10.2 Å². The van der Waals surface area contributed by atoms with Crippen LogP contribution in [0.5, 0.6) is 0 Å². The molecule has 0 bridgehead atoms. The zero-order chi connectivity index (χ0) is 17.9. The van der Waals surface area contributed by atoms with E-state index in [1.54, 1.807) is 0 Å². The van der Waals surface area contributed by atoms with Gasteiger partial charge >= 0.3 is 5.97 Å². The number of carbonyl (C=O) groups is 1. The summed E-state index contributed by atoms with van der Waals surface area (Å²) in [5.41, 5.74) is 16.2. The lowest BCUT2D eigenvalue weighted by Gasteiger charge is -2.17. The largest absolute Gasteiger partial charge is 0.480 e. The van der Waals surface area contributed by atoms with Crippen LogP contribution >= 0.6 is 0 Å². The van der Waals surface area contributed by atoms with Crippen LogP contribution in [0.1, 0.15) is 25.7 Å². The summed E-state index contributed by atoms with van der Waals surface area (Å²) in [5.74, 6) is -1.00. The number of rotatable bonds is 17. The summed E-state index contributed by atoms with van der Waals surface area (Å²) in [6, 6.07) is 0. The van der Waals surface area contributed by atoms with Crippen LogP contribution in [0, 0.1) is 0 Å². The predicted octanol–water partition coefficient (Wildman–Crippen LogP) is 2.67. The third-order valence-corrected chi connectivity index (χ3v) is 2.87. The first-order valence-electron chi connectivity index (χ1n) is 7.71. The van der Waals surface area contributed by atoms with Crippen molar-refractivity contribution in [3.8, 4) is 0 Å². The third kappa shape index (κ3) is 16.3. The first kappa shape index (κ1) is 22.0. The van der Waals surface area contributed by atoms with Crippen molar-refractivity contribution < 1.29 is 24.1 Å². The van der Waals surface area contributed by atoms with Crippen molar-refractivity contribution in [1.82, 2.24) is 0 Å². The lowest BCUT2D eigenvalue weighted by Crippen LogP contribution is -2.19. The maximum atomic E-state index is 10.6. The molecule has 0 aliphatic carbocycles. The maximum Gasteiger partial charge on any atom is 0.329 e. The Morgan fingerprint density at radius 1 is 0.958 bits per heavy atom. The lowest BCUT2D eigenvalue weighted by atomic mass is 10.1. The zero-order valence-corrected chi connectivity index (χ0v) is 13.6.